The van der Waals surface area contributed by atoms with E-state index in [0.29, 0.717) is 28.3 Å². The summed E-state index contributed by atoms with van der Waals surface area (Å²) < 4.78 is 0. The van der Waals surface area contributed by atoms with E-state index in [9.17, 15) is 9.59 Å². The molecule has 1 heterocycles. The third-order valence-corrected chi connectivity index (χ3v) is 3.91. The van der Waals surface area contributed by atoms with Crippen molar-refractivity contribution in [2.24, 2.45) is 0 Å². The predicted octanol–water partition coefficient (Wildman–Crippen LogP) is 3.52. The molecule has 1 amide bonds. The maximum atomic E-state index is 12.6. The van der Waals surface area contributed by atoms with E-state index in [1.165, 1.54) is 24.3 Å². The van der Waals surface area contributed by atoms with Gasteiger partial charge in [0.2, 0.25) is 0 Å². The molecular formula is C19H17N3O3. The van der Waals surface area contributed by atoms with Crippen LogP contribution in [0, 0.1) is 6.92 Å². The molecular weight excluding hydrogens is 318 g/mol. The van der Waals surface area contributed by atoms with Gasteiger partial charge in [0.25, 0.3) is 5.91 Å². The number of nitrogen functional groups attached to an aromatic ring is 1. The highest BCUT2D eigenvalue weighted by Crippen LogP contribution is 2.30. The van der Waals surface area contributed by atoms with Gasteiger partial charge in [0, 0.05) is 16.9 Å². The number of carbonyl (C=O) groups excluding carboxylic acids is 1. The van der Waals surface area contributed by atoms with Crippen molar-refractivity contribution in [3.05, 3.63) is 71.4 Å². The van der Waals surface area contributed by atoms with Gasteiger partial charge in [-0.3, -0.25) is 4.79 Å². The van der Waals surface area contributed by atoms with Crippen LogP contribution in [0.15, 0.2) is 54.6 Å². The molecule has 0 fully saturated rings. The molecule has 3 rings (SSSR count). The number of H-pyrrole nitrogens is 1. The summed E-state index contributed by atoms with van der Waals surface area (Å²) in [6.07, 6.45) is 0. The van der Waals surface area contributed by atoms with Crippen molar-refractivity contribution >= 4 is 23.3 Å². The number of aryl methyl sites for hydroxylation is 1. The van der Waals surface area contributed by atoms with Gasteiger partial charge in [-0.15, -0.1) is 0 Å². The Bertz CT molecular complexity index is 929. The first kappa shape index (κ1) is 16.3. The molecule has 1 aromatic heterocycles. The molecule has 0 atom stereocenters. The summed E-state index contributed by atoms with van der Waals surface area (Å²) >= 11 is 0. The first-order chi connectivity index (χ1) is 12.0. The van der Waals surface area contributed by atoms with E-state index in [4.69, 9.17) is 10.8 Å². The van der Waals surface area contributed by atoms with Crippen molar-refractivity contribution in [1.82, 2.24) is 4.98 Å². The number of rotatable bonds is 4. The zero-order chi connectivity index (χ0) is 18.0. The highest BCUT2D eigenvalue weighted by Gasteiger charge is 2.20. The van der Waals surface area contributed by atoms with Gasteiger partial charge < -0.3 is 21.1 Å². The standard InChI is InChI=1S/C19H17N3O3/c1-11-15(16(20)17(21-11)12-5-3-2-4-6-12)18(23)22-14-9-7-13(8-10-14)19(24)25/h2-10,21H,20H2,1H3,(H,22,23)(H,24,25). The van der Waals surface area contributed by atoms with Crippen molar-refractivity contribution in [2.45, 2.75) is 6.92 Å². The minimum Gasteiger partial charge on any atom is -0.478 e. The summed E-state index contributed by atoms with van der Waals surface area (Å²) in [5.74, 6) is -1.37. The molecule has 0 saturated carbocycles. The van der Waals surface area contributed by atoms with E-state index in [1.54, 1.807) is 6.92 Å². The van der Waals surface area contributed by atoms with Crippen LogP contribution in [-0.2, 0) is 0 Å². The molecule has 5 N–H and O–H groups in total. The maximum Gasteiger partial charge on any atom is 0.335 e. The minimum absolute atomic E-state index is 0.154. The van der Waals surface area contributed by atoms with E-state index in [0.717, 1.165) is 5.56 Å². The van der Waals surface area contributed by atoms with Crippen LogP contribution in [0.4, 0.5) is 11.4 Å². The molecule has 0 spiro atoms. The van der Waals surface area contributed by atoms with Crippen LogP contribution in [-0.4, -0.2) is 22.0 Å². The van der Waals surface area contributed by atoms with Gasteiger partial charge in [0.15, 0.2) is 0 Å². The smallest absolute Gasteiger partial charge is 0.335 e. The number of aromatic amines is 1. The van der Waals surface area contributed by atoms with Crippen molar-refractivity contribution < 1.29 is 14.7 Å². The number of hydrogen-bond donors (Lipinski definition) is 4. The van der Waals surface area contributed by atoms with Crippen LogP contribution in [0.1, 0.15) is 26.4 Å². The zero-order valence-corrected chi connectivity index (χ0v) is 13.5. The van der Waals surface area contributed by atoms with Crippen LogP contribution >= 0.6 is 0 Å². The molecule has 0 radical (unpaired) electrons. The molecule has 0 saturated heterocycles. The molecule has 0 bridgehead atoms. The summed E-state index contributed by atoms with van der Waals surface area (Å²) in [7, 11) is 0. The Morgan fingerprint density at radius 1 is 1.04 bits per heavy atom. The fourth-order valence-electron chi connectivity index (χ4n) is 2.66. The first-order valence-electron chi connectivity index (χ1n) is 7.65. The predicted molar refractivity (Wildman–Crippen MR) is 96.7 cm³/mol. The fraction of sp³-hybridized carbons (Fsp3) is 0.0526. The van der Waals surface area contributed by atoms with Crippen molar-refractivity contribution in [3.8, 4) is 11.3 Å². The normalized spacial score (nSPS) is 10.4. The number of carboxylic acids is 1. The Morgan fingerprint density at radius 2 is 1.68 bits per heavy atom. The quantitative estimate of drug-likeness (QED) is 0.585. The lowest BCUT2D eigenvalue weighted by molar-refractivity contribution is 0.0696. The molecule has 6 heteroatoms. The van der Waals surface area contributed by atoms with Crippen molar-refractivity contribution in [3.63, 3.8) is 0 Å². The number of nitrogens with one attached hydrogen (secondary N) is 2. The number of anilines is 2. The van der Waals surface area contributed by atoms with E-state index < -0.39 is 5.97 Å². The van der Waals surface area contributed by atoms with Crippen LogP contribution in [0.25, 0.3) is 11.3 Å². The molecule has 25 heavy (non-hydrogen) atoms. The number of benzene rings is 2. The summed E-state index contributed by atoms with van der Waals surface area (Å²) in [4.78, 5) is 26.6. The molecule has 0 aliphatic rings. The maximum absolute atomic E-state index is 12.6. The van der Waals surface area contributed by atoms with Gasteiger partial charge in [-0.1, -0.05) is 30.3 Å². The molecule has 126 valence electrons. The van der Waals surface area contributed by atoms with Gasteiger partial charge >= 0.3 is 5.97 Å². The largest absolute Gasteiger partial charge is 0.478 e. The number of carboxylic acid groups (broad SMARTS) is 1. The number of carbonyl (C=O) groups is 2. The van der Waals surface area contributed by atoms with E-state index >= 15 is 0 Å². The lowest BCUT2D eigenvalue weighted by Gasteiger charge is -2.06. The number of aromatic nitrogens is 1. The van der Waals surface area contributed by atoms with Gasteiger partial charge in [0.05, 0.1) is 22.5 Å². The van der Waals surface area contributed by atoms with Gasteiger partial charge in [-0.05, 0) is 31.2 Å². The number of aromatic carboxylic acids is 1. The summed E-state index contributed by atoms with van der Waals surface area (Å²) in [5, 5.41) is 11.7. The van der Waals surface area contributed by atoms with E-state index in [2.05, 4.69) is 10.3 Å². The van der Waals surface area contributed by atoms with Crippen molar-refractivity contribution in [2.75, 3.05) is 11.1 Å². The monoisotopic (exact) mass is 335 g/mol. The Labute approximate surface area is 144 Å². The van der Waals surface area contributed by atoms with E-state index in [-0.39, 0.29) is 11.5 Å². The summed E-state index contributed by atoms with van der Waals surface area (Å²) in [5.41, 5.74) is 9.85. The minimum atomic E-state index is -1.02. The Balaban J connectivity index is 1.88. The van der Waals surface area contributed by atoms with Crippen LogP contribution in [0.3, 0.4) is 0 Å². The van der Waals surface area contributed by atoms with Crippen molar-refractivity contribution in [1.29, 1.82) is 0 Å². The SMILES string of the molecule is Cc1[nH]c(-c2ccccc2)c(N)c1C(=O)Nc1ccc(C(=O)O)cc1. The highest BCUT2D eigenvalue weighted by atomic mass is 16.4. The second-order valence-corrected chi connectivity index (χ2v) is 5.62. The van der Waals surface area contributed by atoms with Crippen LogP contribution in [0.2, 0.25) is 0 Å². The third kappa shape index (κ3) is 3.23. The Morgan fingerprint density at radius 3 is 2.28 bits per heavy atom. The number of hydrogen-bond acceptors (Lipinski definition) is 3. The van der Waals surface area contributed by atoms with Crippen LogP contribution < -0.4 is 11.1 Å². The topological polar surface area (TPSA) is 108 Å². The second-order valence-electron chi connectivity index (χ2n) is 5.62. The molecule has 0 aliphatic carbocycles. The lowest BCUT2D eigenvalue weighted by atomic mass is 10.1. The summed E-state index contributed by atoms with van der Waals surface area (Å²) in [6, 6.07) is 15.5. The van der Waals surface area contributed by atoms with Gasteiger partial charge in [-0.2, -0.15) is 0 Å². The summed E-state index contributed by atoms with van der Waals surface area (Å²) in [6.45, 7) is 1.78. The Hall–Kier alpha value is -3.54. The molecule has 0 aliphatic heterocycles. The first-order valence-corrected chi connectivity index (χ1v) is 7.65. The molecule has 0 unspecified atom stereocenters. The average molecular weight is 335 g/mol. The Kier molecular flexibility index (Phi) is 4.26. The second kappa shape index (κ2) is 6.52. The van der Waals surface area contributed by atoms with Crippen LogP contribution in [0.5, 0.6) is 0 Å². The fourth-order valence-corrected chi connectivity index (χ4v) is 2.66. The molecule has 3 aromatic rings. The number of nitrogens with two attached hydrogens (primary N) is 1. The number of amides is 1. The molecule has 6 nitrogen and oxygen atoms in total. The van der Waals surface area contributed by atoms with E-state index in [1.807, 2.05) is 30.3 Å². The third-order valence-electron chi connectivity index (χ3n) is 3.91. The van der Waals surface area contributed by atoms with Gasteiger partial charge in [-0.25, -0.2) is 4.79 Å². The average Bonchev–Trinajstić information content (AvgIpc) is 2.90. The lowest BCUT2D eigenvalue weighted by Crippen LogP contribution is -2.14. The highest BCUT2D eigenvalue weighted by molar-refractivity contribution is 6.10. The zero-order valence-electron chi connectivity index (χ0n) is 13.5. The van der Waals surface area contributed by atoms with Gasteiger partial charge in [0.1, 0.15) is 0 Å². The molecule has 2 aromatic carbocycles.